The molecule has 13 heavy (non-hydrogen) atoms. The van der Waals surface area contributed by atoms with Crippen LogP contribution >= 0.6 is 0 Å². The Morgan fingerprint density at radius 1 is 1.62 bits per heavy atom. The summed E-state index contributed by atoms with van der Waals surface area (Å²) in [6, 6.07) is 2.28. The quantitative estimate of drug-likeness (QED) is 0.546. The van der Waals surface area contributed by atoms with Gasteiger partial charge in [0.05, 0.1) is 0 Å². The normalized spacial score (nSPS) is 12.8. The van der Waals surface area contributed by atoms with Gasteiger partial charge in [0.1, 0.15) is 0 Å². The van der Waals surface area contributed by atoms with E-state index in [0.717, 1.165) is 12.8 Å². The van der Waals surface area contributed by atoms with Crippen molar-refractivity contribution in [2.24, 2.45) is 5.84 Å². The van der Waals surface area contributed by atoms with Crippen LogP contribution in [0.2, 0.25) is 0 Å². The van der Waals surface area contributed by atoms with E-state index in [4.69, 9.17) is 5.84 Å². The molecule has 1 aromatic heterocycles. The van der Waals surface area contributed by atoms with Crippen LogP contribution in [0.15, 0.2) is 18.5 Å². The molecule has 1 unspecified atom stereocenters. The molecule has 0 aliphatic heterocycles. The molecule has 3 nitrogen and oxygen atoms in total. The Hall–Kier alpha value is -0.930. The summed E-state index contributed by atoms with van der Waals surface area (Å²) in [6.07, 6.45) is 5.86. The van der Waals surface area contributed by atoms with Crippen molar-refractivity contribution in [1.82, 2.24) is 10.4 Å². The summed E-state index contributed by atoms with van der Waals surface area (Å²) < 4.78 is 0. The van der Waals surface area contributed by atoms with Gasteiger partial charge in [-0.25, -0.2) is 0 Å². The number of aryl methyl sites for hydroxylation is 1. The number of hydrogen-bond acceptors (Lipinski definition) is 3. The topological polar surface area (TPSA) is 50.9 Å². The lowest BCUT2D eigenvalue weighted by Gasteiger charge is -2.16. The fraction of sp³-hybridized carbons (Fsp3) is 0.500. The van der Waals surface area contributed by atoms with Crippen LogP contribution in [-0.4, -0.2) is 4.98 Å². The minimum absolute atomic E-state index is 0.257. The molecule has 0 radical (unpaired) electrons. The first-order chi connectivity index (χ1) is 6.29. The fourth-order valence-electron chi connectivity index (χ4n) is 1.49. The molecule has 0 aromatic carbocycles. The van der Waals surface area contributed by atoms with Gasteiger partial charge in [-0.05, 0) is 30.5 Å². The van der Waals surface area contributed by atoms with E-state index in [-0.39, 0.29) is 6.04 Å². The van der Waals surface area contributed by atoms with Gasteiger partial charge in [0.2, 0.25) is 0 Å². The SMILES string of the molecule is CCCC(NN)c1ccncc1C. The number of nitrogens with zero attached hydrogens (tertiary/aromatic N) is 1. The predicted octanol–water partition coefficient (Wildman–Crippen LogP) is 1.69. The first-order valence-corrected chi connectivity index (χ1v) is 4.66. The molecular weight excluding hydrogens is 162 g/mol. The number of rotatable bonds is 4. The molecule has 0 fully saturated rings. The highest BCUT2D eigenvalue weighted by Gasteiger charge is 2.09. The molecule has 1 atom stereocenters. The Bertz CT molecular complexity index is 260. The summed E-state index contributed by atoms with van der Waals surface area (Å²) >= 11 is 0. The zero-order valence-corrected chi connectivity index (χ0v) is 8.25. The average molecular weight is 179 g/mol. The number of aromatic nitrogens is 1. The zero-order chi connectivity index (χ0) is 9.68. The van der Waals surface area contributed by atoms with Crippen molar-refractivity contribution < 1.29 is 0 Å². The van der Waals surface area contributed by atoms with E-state index in [1.165, 1.54) is 11.1 Å². The predicted molar refractivity (Wildman–Crippen MR) is 53.9 cm³/mol. The summed E-state index contributed by atoms with van der Waals surface area (Å²) in [5.41, 5.74) is 5.28. The second-order valence-corrected chi connectivity index (χ2v) is 3.24. The van der Waals surface area contributed by atoms with Gasteiger partial charge in [-0.2, -0.15) is 0 Å². The molecule has 1 heterocycles. The van der Waals surface area contributed by atoms with Gasteiger partial charge in [-0.1, -0.05) is 13.3 Å². The molecule has 0 amide bonds. The van der Waals surface area contributed by atoms with Gasteiger partial charge in [-0.3, -0.25) is 16.3 Å². The highest BCUT2D eigenvalue weighted by molar-refractivity contribution is 5.24. The molecule has 0 aliphatic rings. The first kappa shape index (κ1) is 10.2. The number of hydrazine groups is 1. The van der Waals surface area contributed by atoms with E-state index in [9.17, 15) is 0 Å². The maximum absolute atomic E-state index is 5.49. The van der Waals surface area contributed by atoms with Gasteiger partial charge in [0, 0.05) is 18.4 Å². The molecule has 0 saturated heterocycles. The molecule has 72 valence electrons. The standard InChI is InChI=1S/C10H17N3/c1-3-4-10(13-11)9-5-6-12-7-8(9)2/h5-7,10,13H,3-4,11H2,1-2H3. The summed E-state index contributed by atoms with van der Waals surface area (Å²) in [5, 5.41) is 0. The highest BCUT2D eigenvalue weighted by atomic mass is 15.2. The fourth-order valence-corrected chi connectivity index (χ4v) is 1.49. The van der Waals surface area contributed by atoms with E-state index < -0.39 is 0 Å². The van der Waals surface area contributed by atoms with Crippen LogP contribution in [0.1, 0.15) is 36.9 Å². The molecule has 3 N–H and O–H groups in total. The van der Waals surface area contributed by atoms with Crippen molar-refractivity contribution in [3.05, 3.63) is 29.6 Å². The van der Waals surface area contributed by atoms with Crippen molar-refractivity contribution >= 4 is 0 Å². The van der Waals surface area contributed by atoms with Crippen LogP contribution in [0.5, 0.6) is 0 Å². The van der Waals surface area contributed by atoms with Crippen molar-refractivity contribution in [1.29, 1.82) is 0 Å². The third-order valence-corrected chi connectivity index (χ3v) is 2.22. The van der Waals surface area contributed by atoms with Crippen molar-refractivity contribution in [3.63, 3.8) is 0 Å². The Labute approximate surface area is 79.3 Å². The number of hydrogen-bond donors (Lipinski definition) is 2. The van der Waals surface area contributed by atoms with E-state index in [0.29, 0.717) is 0 Å². The molecule has 1 aromatic rings. The van der Waals surface area contributed by atoms with Crippen molar-refractivity contribution in [2.45, 2.75) is 32.7 Å². The van der Waals surface area contributed by atoms with Gasteiger partial charge in [-0.15, -0.1) is 0 Å². The second kappa shape index (κ2) is 4.94. The Morgan fingerprint density at radius 3 is 2.92 bits per heavy atom. The Balaban J connectivity index is 2.84. The molecule has 0 aliphatic carbocycles. The molecule has 1 rings (SSSR count). The average Bonchev–Trinajstić information content (AvgIpc) is 2.16. The van der Waals surface area contributed by atoms with Gasteiger partial charge in [0.25, 0.3) is 0 Å². The maximum Gasteiger partial charge on any atom is 0.0463 e. The molecule has 0 bridgehead atoms. The highest BCUT2D eigenvalue weighted by Crippen LogP contribution is 2.19. The smallest absolute Gasteiger partial charge is 0.0463 e. The summed E-state index contributed by atoms with van der Waals surface area (Å²) in [4.78, 5) is 4.05. The summed E-state index contributed by atoms with van der Waals surface area (Å²) in [7, 11) is 0. The first-order valence-electron chi connectivity index (χ1n) is 4.66. The lowest BCUT2D eigenvalue weighted by molar-refractivity contribution is 0.507. The number of nitrogens with two attached hydrogens (primary N) is 1. The van der Waals surface area contributed by atoms with Crippen LogP contribution in [-0.2, 0) is 0 Å². The van der Waals surface area contributed by atoms with Gasteiger partial charge < -0.3 is 0 Å². The minimum atomic E-state index is 0.257. The zero-order valence-electron chi connectivity index (χ0n) is 8.25. The van der Waals surface area contributed by atoms with Crippen LogP contribution in [0.4, 0.5) is 0 Å². The molecule has 3 heteroatoms. The third-order valence-electron chi connectivity index (χ3n) is 2.22. The molecule has 0 spiro atoms. The third kappa shape index (κ3) is 2.50. The lowest BCUT2D eigenvalue weighted by Crippen LogP contribution is -2.28. The number of nitrogens with one attached hydrogen (secondary N) is 1. The van der Waals surface area contributed by atoms with E-state index in [2.05, 4.69) is 24.3 Å². The van der Waals surface area contributed by atoms with Crippen LogP contribution in [0.25, 0.3) is 0 Å². The maximum atomic E-state index is 5.49. The van der Waals surface area contributed by atoms with Crippen molar-refractivity contribution in [2.75, 3.05) is 0 Å². The number of pyridine rings is 1. The van der Waals surface area contributed by atoms with E-state index in [1.807, 2.05) is 18.5 Å². The van der Waals surface area contributed by atoms with Gasteiger partial charge in [0.15, 0.2) is 0 Å². The molecular formula is C10H17N3. The monoisotopic (exact) mass is 179 g/mol. The Kier molecular flexibility index (Phi) is 3.86. The summed E-state index contributed by atoms with van der Waals surface area (Å²) in [5.74, 6) is 5.49. The second-order valence-electron chi connectivity index (χ2n) is 3.24. The lowest BCUT2D eigenvalue weighted by atomic mass is 10.0. The van der Waals surface area contributed by atoms with Crippen LogP contribution < -0.4 is 11.3 Å². The van der Waals surface area contributed by atoms with Gasteiger partial charge >= 0.3 is 0 Å². The Morgan fingerprint density at radius 2 is 2.38 bits per heavy atom. The van der Waals surface area contributed by atoms with E-state index >= 15 is 0 Å². The minimum Gasteiger partial charge on any atom is -0.271 e. The van der Waals surface area contributed by atoms with Crippen LogP contribution in [0.3, 0.4) is 0 Å². The van der Waals surface area contributed by atoms with Crippen LogP contribution in [0, 0.1) is 6.92 Å². The van der Waals surface area contributed by atoms with Crippen molar-refractivity contribution in [3.8, 4) is 0 Å². The molecule has 0 saturated carbocycles. The summed E-state index contributed by atoms with van der Waals surface area (Å²) in [6.45, 7) is 4.21. The largest absolute Gasteiger partial charge is 0.271 e. The van der Waals surface area contributed by atoms with E-state index in [1.54, 1.807) is 0 Å².